The third-order valence-electron chi connectivity index (χ3n) is 6.55. The Hall–Kier alpha value is -1.14. The van der Waals surface area contributed by atoms with Crippen molar-refractivity contribution in [3.63, 3.8) is 0 Å². The molecule has 0 atom stereocenters. The van der Waals surface area contributed by atoms with E-state index in [0.717, 1.165) is 12.8 Å². The number of allylic oxidation sites excluding steroid dienone is 8. The maximum absolute atomic E-state index is 2.35. The molecule has 0 bridgehead atoms. The van der Waals surface area contributed by atoms with Crippen LogP contribution in [-0.2, 0) is 36.1 Å². The number of hydrogen-bond acceptors (Lipinski definition) is 0. The van der Waals surface area contributed by atoms with Gasteiger partial charge >= 0.3 is 188 Å². The van der Waals surface area contributed by atoms with Crippen LogP contribution in [-0.4, -0.2) is 0 Å². The summed E-state index contributed by atoms with van der Waals surface area (Å²) in [6.07, 6.45) is 4.65. The molecule has 0 heterocycles. The summed E-state index contributed by atoms with van der Waals surface area (Å²) in [4.78, 5) is 0. The second kappa shape index (κ2) is 11.6. The minimum Gasteiger partial charge on any atom is -1.00 e. The zero-order valence-corrected chi connectivity index (χ0v) is 22.8. The Morgan fingerprint density at radius 2 is 0.935 bits per heavy atom. The van der Waals surface area contributed by atoms with Gasteiger partial charge in [0.25, 0.3) is 0 Å². The summed E-state index contributed by atoms with van der Waals surface area (Å²) in [6.45, 7) is 9.39. The Labute approximate surface area is 212 Å². The van der Waals surface area contributed by atoms with Crippen molar-refractivity contribution in [1.82, 2.24) is 0 Å². The average Bonchev–Trinajstić information content (AvgIpc) is 3.14. The molecule has 0 saturated carbocycles. The Morgan fingerprint density at radius 3 is 1.29 bits per heavy atom. The molecule has 0 fully saturated rings. The average molecular weight is 529 g/mol. The monoisotopic (exact) mass is 526 g/mol. The van der Waals surface area contributed by atoms with Crippen LogP contribution >= 0.6 is 0 Å². The van der Waals surface area contributed by atoms with Crippen LogP contribution in [0.1, 0.15) is 51.7 Å². The first-order valence-corrected chi connectivity index (χ1v) is 13.1. The van der Waals surface area contributed by atoms with E-state index < -0.39 is 23.2 Å². The molecule has 0 nitrogen and oxygen atoms in total. The number of benzene rings is 2. The molecule has 31 heavy (non-hydrogen) atoms. The minimum atomic E-state index is -0.760. The number of hydrogen-bond donors (Lipinski definition) is 0. The smallest absolute Gasteiger partial charge is 1.00 e. The molecule has 3 heteroatoms. The molecule has 0 amide bonds. The Balaban J connectivity index is 0.00000171. The summed E-state index contributed by atoms with van der Waals surface area (Å²) in [5.74, 6) is 0. The predicted octanol–water partition coefficient (Wildman–Crippen LogP) is 1.55. The Morgan fingerprint density at radius 1 is 0.581 bits per heavy atom. The standard InChI is InChI=1S/2C14H15.2ClH.Zr/c2*1-11-8-9-14(12(11)2)10-13-6-4-3-5-7-13;;;/h2*3-7H,8,10H2,1-2H3;2*1H;/q;;;;+2/p-2. The molecule has 2 aromatic rings. The van der Waals surface area contributed by atoms with Gasteiger partial charge in [-0.25, -0.2) is 0 Å². The number of rotatable bonds is 6. The molecule has 0 aromatic heterocycles. The maximum atomic E-state index is 2.35. The fourth-order valence-corrected chi connectivity index (χ4v) is 9.21. The van der Waals surface area contributed by atoms with E-state index in [-0.39, 0.29) is 24.8 Å². The van der Waals surface area contributed by atoms with Gasteiger partial charge < -0.3 is 24.8 Å². The van der Waals surface area contributed by atoms with E-state index in [1.807, 2.05) is 6.56 Å². The summed E-state index contributed by atoms with van der Waals surface area (Å²) in [6, 6.07) is 22.0. The van der Waals surface area contributed by atoms with Crippen molar-refractivity contribution < 1.29 is 48.0 Å². The van der Waals surface area contributed by atoms with E-state index in [1.165, 1.54) is 24.0 Å². The molecule has 0 unspecified atom stereocenters. The van der Waals surface area contributed by atoms with E-state index in [1.54, 1.807) is 33.4 Å². The van der Waals surface area contributed by atoms with Crippen molar-refractivity contribution in [2.45, 2.75) is 53.4 Å². The van der Waals surface area contributed by atoms with Crippen molar-refractivity contribution in [2.75, 3.05) is 0 Å². The van der Waals surface area contributed by atoms with Crippen molar-refractivity contribution in [2.24, 2.45) is 0 Å². The van der Waals surface area contributed by atoms with E-state index >= 15 is 0 Å². The molecule has 0 radical (unpaired) electrons. The van der Waals surface area contributed by atoms with Crippen LogP contribution in [0.5, 0.6) is 0 Å². The van der Waals surface area contributed by atoms with Crippen LogP contribution < -0.4 is 24.8 Å². The summed E-state index contributed by atoms with van der Waals surface area (Å²) in [5, 5.41) is 0. The van der Waals surface area contributed by atoms with Gasteiger partial charge in [-0.2, -0.15) is 0 Å². The molecule has 2 aliphatic carbocycles. The van der Waals surface area contributed by atoms with Crippen LogP contribution in [0.2, 0.25) is 0 Å². The van der Waals surface area contributed by atoms with Gasteiger partial charge in [-0.15, -0.1) is 0 Å². The SMILES string of the molecule is CC1=C(C)C(Cc2ccccc2)=[C]([Zr+2][C]2=C(Cc3ccccc3)C(C)=C(C)C2)C1.[Cl-].[Cl-]. The van der Waals surface area contributed by atoms with Gasteiger partial charge in [0, 0.05) is 0 Å². The second-order valence-electron chi connectivity index (χ2n) is 8.53. The summed E-state index contributed by atoms with van der Waals surface area (Å²) < 4.78 is 3.63. The summed E-state index contributed by atoms with van der Waals surface area (Å²) in [7, 11) is 0. The molecular weight excluding hydrogens is 498 g/mol. The maximum Gasteiger partial charge on any atom is -1.00 e. The Kier molecular flexibility index (Phi) is 9.81. The zero-order chi connectivity index (χ0) is 20.4. The largest absolute Gasteiger partial charge is 1.00 e. The molecule has 2 aromatic carbocycles. The first-order chi connectivity index (χ1) is 14.0. The molecular formula is C28H30Cl2Zr. The molecule has 4 rings (SSSR count). The van der Waals surface area contributed by atoms with Crippen LogP contribution in [0, 0.1) is 0 Å². The van der Waals surface area contributed by atoms with Gasteiger partial charge in [0.05, 0.1) is 0 Å². The van der Waals surface area contributed by atoms with Crippen molar-refractivity contribution in [3.8, 4) is 0 Å². The molecule has 160 valence electrons. The third kappa shape index (κ3) is 6.01. The predicted molar refractivity (Wildman–Crippen MR) is 120 cm³/mol. The van der Waals surface area contributed by atoms with E-state index in [4.69, 9.17) is 0 Å². The van der Waals surface area contributed by atoms with Crippen LogP contribution in [0.3, 0.4) is 0 Å². The molecule has 0 saturated heterocycles. The van der Waals surface area contributed by atoms with Crippen molar-refractivity contribution in [1.29, 1.82) is 0 Å². The first kappa shape index (κ1) is 26.1. The topological polar surface area (TPSA) is 0 Å². The van der Waals surface area contributed by atoms with Gasteiger partial charge in [-0.1, -0.05) is 0 Å². The summed E-state index contributed by atoms with van der Waals surface area (Å²) in [5.41, 5.74) is 12.5. The second-order valence-corrected chi connectivity index (χ2v) is 12.1. The molecule has 0 N–H and O–H groups in total. The normalized spacial score (nSPS) is 15.9. The minimum absolute atomic E-state index is 0. The summed E-state index contributed by atoms with van der Waals surface area (Å²) >= 11 is -0.760. The number of halogens is 2. The van der Waals surface area contributed by atoms with E-state index in [2.05, 4.69) is 88.4 Å². The van der Waals surface area contributed by atoms with Crippen molar-refractivity contribution >= 4 is 0 Å². The van der Waals surface area contributed by atoms with Crippen LogP contribution in [0.25, 0.3) is 0 Å². The van der Waals surface area contributed by atoms with Crippen molar-refractivity contribution in [3.05, 3.63) is 112 Å². The van der Waals surface area contributed by atoms with Crippen LogP contribution in [0.15, 0.2) is 101 Å². The third-order valence-corrected chi connectivity index (χ3v) is 10.4. The molecule has 0 aliphatic heterocycles. The Bertz CT molecular complexity index is 955. The molecule has 0 spiro atoms. The fraction of sp³-hybridized carbons (Fsp3) is 0.286. The fourth-order valence-electron chi connectivity index (χ4n) is 4.48. The first-order valence-electron chi connectivity index (χ1n) is 10.6. The van der Waals surface area contributed by atoms with Gasteiger partial charge in [-0.05, 0) is 0 Å². The molecule has 2 aliphatic rings. The van der Waals surface area contributed by atoms with Gasteiger partial charge in [0.15, 0.2) is 0 Å². The quantitative estimate of drug-likeness (QED) is 0.534. The van der Waals surface area contributed by atoms with E-state index in [9.17, 15) is 0 Å². The van der Waals surface area contributed by atoms with Crippen LogP contribution in [0.4, 0.5) is 0 Å². The van der Waals surface area contributed by atoms with Gasteiger partial charge in [0.1, 0.15) is 0 Å². The van der Waals surface area contributed by atoms with Gasteiger partial charge in [0.2, 0.25) is 0 Å². The van der Waals surface area contributed by atoms with Gasteiger partial charge in [-0.3, -0.25) is 0 Å². The zero-order valence-electron chi connectivity index (χ0n) is 18.9. The van der Waals surface area contributed by atoms with E-state index in [0.29, 0.717) is 0 Å².